The van der Waals surface area contributed by atoms with Gasteiger partial charge in [-0.05, 0) is 39.4 Å². The van der Waals surface area contributed by atoms with Crippen molar-refractivity contribution >= 4 is 5.91 Å². The second kappa shape index (κ2) is 7.63. The molecule has 1 saturated heterocycles. The first-order valence-corrected chi connectivity index (χ1v) is 6.40. The Balaban J connectivity index is 2.19. The maximum absolute atomic E-state index is 11.9. The van der Waals surface area contributed by atoms with Crippen LogP contribution in [-0.4, -0.2) is 55.5 Å². The minimum atomic E-state index is 0.326. The molecular weight excluding hydrogens is 202 g/mol. The van der Waals surface area contributed by atoms with E-state index in [1.165, 1.54) is 0 Å². The van der Waals surface area contributed by atoms with Crippen molar-refractivity contribution in [2.24, 2.45) is 5.73 Å². The predicted molar refractivity (Wildman–Crippen MR) is 66.2 cm³/mol. The lowest BCUT2D eigenvalue weighted by atomic mass is 10.2. The third kappa shape index (κ3) is 4.94. The zero-order valence-electron chi connectivity index (χ0n) is 10.5. The Kier molecular flexibility index (Phi) is 6.42. The van der Waals surface area contributed by atoms with Gasteiger partial charge in [-0.2, -0.15) is 0 Å². The van der Waals surface area contributed by atoms with Crippen molar-refractivity contribution in [1.29, 1.82) is 0 Å². The van der Waals surface area contributed by atoms with Gasteiger partial charge < -0.3 is 15.5 Å². The smallest absolute Gasteiger partial charge is 0.222 e. The van der Waals surface area contributed by atoms with Crippen LogP contribution < -0.4 is 5.73 Å². The van der Waals surface area contributed by atoms with Gasteiger partial charge in [-0.1, -0.05) is 6.42 Å². The number of likely N-dealkylation sites (N-methyl/N-ethyl adjacent to an activating group) is 1. The summed E-state index contributed by atoms with van der Waals surface area (Å²) < 4.78 is 0. The van der Waals surface area contributed by atoms with Crippen LogP contribution in [0.2, 0.25) is 0 Å². The number of carbonyl (C=O) groups excluding carboxylic acids is 1. The number of nitrogens with two attached hydrogens (primary N) is 1. The fraction of sp³-hybridized carbons (Fsp3) is 0.917. The van der Waals surface area contributed by atoms with E-state index in [0.717, 1.165) is 58.4 Å². The van der Waals surface area contributed by atoms with E-state index in [1.807, 2.05) is 4.90 Å². The molecule has 0 radical (unpaired) electrons. The average molecular weight is 227 g/mol. The van der Waals surface area contributed by atoms with Gasteiger partial charge in [0.25, 0.3) is 0 Å². The van der Waals surface area contributed by atoms with Gasteiger partial charge in [0.05, 0.1) is 0 Å². The average Bonchev–Trinajstić information content (AvgIpc) is 2.49. The highest BCUT2D eigenvalue weighted by molar-refractivity contribution is 5.76. The van der Waals surface area contributed by atoms with Crippen LogP contribution in [0.25, 0.3) is 0 Å². The highest BCUT2D eigenvalue weighted by atomic mass is 16.2. The van der Waals surface area contributed by atoms with Crippen LogP contribution in [0.3, 0.4) is 0 Å². The third-order valence-electron chi connectivity index (χ3n) is 3.17. The topological polar surface area (TPSA) is 49.6 Å². The number of hydrogen-bond acceptors (Lipinski definition) is 3. The number of amides is 1. The van der Waals surface area contributed by atoms with Gasteiger partial charge in [0, 0.05) is 26.1 Å². The van der Waals surface area contributed by atoms with Crippen LogP contribution >= 0.6 is 0 Å². The molecule has 94 valence electrons. The molecule has 0 saturated carbocycles. The minimum Gasteiger partial charge on any atom is -0.341 e. The summed E-state index contributed by atoms with van der Waals surface area (Å²) >= 11 is 0. The fourth-order valence-corrected chi connectivity index (χ4v) is 2.05. The summed E-state index contributed by atoms with van der Waals surface area (Å²) in [4.78, 5) is 16.2. The van der Waals surface area contributed by atoms with Crippen LogP contribution in [0.4, 0.5) is 0 Å². The minimum absolute atomic E-state index is 0.326. The Morgan fingerprint density at radius 3 is 2.69 bits per heavy atom. The fourth-order valence-electron chi connectivity index (χ4n) is 2.05. The number of unbranched alkanes of at least 4 members (excludes halogenated alkanes) is 2. The quantitative estimate of drug-likeness (QED) is 0.702. The van der Waals surface area contributed by atoms with Gasteiger partial charge in [0.2, 0.25) is 5.91 Å². The first-order valence-electron chi connectivity index (χ1n) is 6.40. The van der Waals surface area contributed by atoms with Crippen LogP contribution in [0.15, 0.2) is 0 Å². The Morgan fingerprint density at radius 1 is 1.12 bits per heavy atom. The molecular formula is C12H25N3O. The van der Waals surface area contributed by atoms with Gasteiger partial charge in [-0.15, -0.1) is 0 Å². The molecule has 1 aliphatic heterocycles. The number of rotatable bonds is 5. The molecule has 1 fully saturated rings. The molecule has 0 atom stereocenters. The summed E-state index contributed by atoms with van der Waals surface area (Å²) in [5.74, 6) is 0.326. The largest absolute Gasteiger partial charge is 0.341 e. The third-order valence-corrected chi connectivity index (χ3v) is 3.17. The Hall–Kier alpha value is -0.610. The number of carbonyl (C=O) groups is 1. The van der Waals surface area contributed by atoms with Crippen LogP contribution in [-0.2, 0) is 4.79 Å². The van der Waals surface area contributed by atoms with Gasteiger partial charge >= 0.3 is 0 Å². The van der Waals surface area contributed by atoms with Crippen LogP contribution in [0.1, 0.15) is 32.1 Å². The molecule has 0 bridgehead atoms. The predicted octanol–water partition coefficient (Wildman–Crippen LogP) is 0.670. The van der Waals surface area contributed by atoms with Crippen LogP contribution in [0, 0.1) is 0 Å². The molecule has 0 aromatic rings. The zero-order chi connectivity index (χ0) is 11.8. The maximum atomic E-state index is 11.9. The molecule has 1 aliphatic rings. The molecule has 1 rings (SSSR count). The van der Waals surface area contributed by atoms with E-state index in [4.69, 9.17) is 5.73 Å². The van der Waals surface area contributed by atoms with Gasteiger partial charge in [-0.25, -0.2) is 0 Å². The normalized spacial score (nSPS) is 18.5. The molecule has 1 heterocycles. The monoisotopic (exact) mass is 227 g/mol. The first-order chi connectivity index (χ1) is 7.74. The molecule has 0 unspecified atom stereocenters. The summed E-state index contributed by atoms with van der Waals surface area (Å²) in [6, 6.07) is 0. The Labute approximate surface area is 98.8 Å². The second-order valence-corrected chi connectivity index (χ2v) is 4.64. The summed E-state index contributed by atoms with van der Waals surface area (Å²) in [7, 11) is 2.12. The van der Waals surface area contributed by atoms with Gasteiger partial charge in [-0.3, -0.25) is 4.79 Å². The number of hydrogen-bond donors (Lipinski definition) is 1. The lowest BCUT2D eigenvalue weighted by molar-refractivity contribution is -0.131. The van der Waals surface area contributed by atoms with E-state index >= 15 is 0 Å². The Bertz CT molecular complexity index is 208. The summed E-state index contributed by atoms with van der Waals surface area (Å²) in [6.45, 7) is 4.68. The van der Waals surface area contributed by atoms with Crippen molar-refractivity contribution in [3.05, 3.63) is 0 Å². The highest BCUT2D eigenvalue weighted by Gasteiger charge is 2.16. The van der Waals surface area contributed by atoms with Crippen LogP contribution in [0.5, 0.6) is 0 Å². The maximum Gasteiger partial charge on any atom is 0.222 e. The van der Waals surface area contributed by atoms with Crippen molar-refractivity contribution in [3.63, 3.8) is 0 Å². The molecule has 0 aromatic carbocycles. The molecule has 4 nitrogen and oxygen atoms in total. The van der Waals surface area contributed by atoms with Crippen molar-refractivity contribution in [2.75, 3.05) is 39.8 Å². The van der Waals surface area contributed by atoms with Gasteiger partial charge in [0.1, 0.15) is 0 Å². The highest BCUT2D eigenvalue weighted by Crippen LogP contribution is 2.06. The summed E-state index contributed by atoms with van der Waals surface area (Å²) in [5.41, 5.74) is 5.42. The SMILES string of the molecule is CN1CCCN(C(=O)CCCCCN)CC1. The molecule has 1 amide bonds. The molecule has 4 heteroatoms. The van der Waals surface area contributed by atoms with E-state index in [-0.39, 0.29) is 0 Å². The van der Waals surface area contributed by atoms with E-state index in [9.17, 15) is 4.79 Å². The van der Waals surface area contributed by atoms with Crippen molar-refractivity contribution in [3.8, 4) is 0 Å². The standard InChI is InChI=1S/C12H25N3O/c1-14-8-5-9-15(11-10-14)12(16)6-3-2-4-7-13/h2-11,13H2,1H3. The zero-order valence-corrected chi connectivity index (χ0v) is 10.5. The molecule has 0 aliphatic carbocycles. The van der Waals surface area contributed by atoms with E-state index in [0.29, 0.717) is 12.3 Å². The summed E-state index contributed by atoms with van der Waals surface area (Å²) in [6.07, 6.45) is 4.91. The van der Waals surface area contributed by atoms with Crippen molar-refractivity contribution in [2.45, 2.75) is 32.1 Å². The van der Waals surface area contributed by atoms with E-state index < -0.39 is 0 Å². The lowest BCUT2D eigenvalue weighted by Gasteiger charge is -2.20. The van der Waals surface area contributed by atoms with Crippen molar-refractivity contribution < 1.29 is 4.79 Å². The molecule has 16 heavy (non-hydrogen) atoms. The molecule has 0 aromatic heterocycles. The van der Waals surface area contributed by atoms with E-state index in [1.54, 1.807) is 0 Å². The van der Waals surface area contributed by atoms with Crippen molar-refractivity contribution in [1.82, 2.24) is 9.80 Å². The van der Waals surface area contributed by atoms with E-state index in [2.05, 4.69) is 11.9 Å². The molecule has 2 N–H and O–H groups in total. The van der Waals surface area contributed by atoms with Gasteiger partial charge in [0.15, 0.2) is 0 Å². The second-order valence-electron chi connectivity index (χ2n) is 4.64. The lowest BCUT2D eigenvalue weighted by Crippen LogP contribution is -2.34. The Morgan fingerprint density at radius 2 is 1.94 bits per heavy atom. The first kappa shape index (κ1) is 13.5. The summed E-state index contributed by atoms with van der Waals surface area (Å²) in [5, 5.41) is 0. The molecule has 0 spiro atoms. The number of nitrogens with zero attached hydrogens (tertiary/aromatic N) is 2.